The monoisotopic (exact) mass is 426 g/mol. The molecule has 1 aromatic heterocycles. The molecular weight excluding hydrogens is 396 g/mol. The van der Waals surface area contributed by atoms with Crippen LogP contribution in [0.3, 0.4) is 0 Å². The molecule has 0 unspecified atom stereocenters. The number of carbonyl (C=O) groups excluding carboxylic acids is 1. The summed E-state index contributed by atoms with van der Waals surface area (Å²) in [6, 6.07) is 4.00. The van der Waals surface area contributed by atoms with E-state index in [1.165, 1.54) is 10.7 Å². The molecule has 1 aliphatic heterocycles. The molecule has 1 saturated heterocycles. The average Bonchev–Trinajstić information content (AvgIpc) is 2.74. The Kier molecular flexibility index (Phi) is 7.73. The first kappa shape index (κ1) is 21.5. The fourth-order valence-corrected chi connectivity index (χ4v) is 6.26. The molecule has 156 valence electrons. The van der Waals surface area contributed by atoms with Gasteiger partial charge in [0.1, 0.15) is 0 Å². The molecule has 2 fully saturated rings. The summed E-state index contributed by atoms with van der Waals surface area (Å²) in [4.78, 5) is 18.3. The highest BCUT2D eigenvalue weighted by Gasteiger charge is 2.35. The van der Waals surface area contributed by atoms with Gasteiger partial charge in [0.15, 0.2) is 0 Å². The van der Waals surface area contributed by atoms with Gasteiger partial charge in [0.05, 0.1) is 5.75 Å². The zero-order valence-electron chi connectivity index (χ0n) is 16.5. The van der Waals surface area contributed by atoms with E-state index in [9.17, 15) is 13.2 Å². The molecule has 2 heterocycles. The van der Waals surface area contributed by atoms with Crippen LogP contribution in [-0.2, 0) is 20.8 Å². The number of nitrogens with zero attached hydrogens (tertiary/aromatic N) is 4. The van der Waals surface area contributed by atoms with E-state index in [2.05, 4.69) is 4.98 Å². The molecule has 1 aromatic rings. The number of thioether (sulfide) groups is 1. The van der Waals surface area contributed by atoms with Crippen molar-refractivity contribution in [2.24, 2.45) is 0 Å². The van der Waals surface area contributed by atoms with Gasteiger partial charge >= 0.3 is 0 Å². The molecule has 0 aromatic carbocycles. The summed E-state index contributed by atoms with van der Waals surface area (Å²) in [7, 11) is -1.74. The molecule has 7 nitrogen and oxygen atoms in total. The third kappa shape index (κ3) is 5.46. The highest BCUT2D eigenvalue weighted by atomic mass is 32.2. The van der Waals surface area contributed by atoms with E-state index < -0.39 is 10.2 Å². The first-order valence-electron chi connectivity index (χ1n) is 9.96. The zero-order chi connectivity index (χ0) is 20.0. The highest BCUT2D eigenvalue weighted by Crippen LogP contribution is 2.25. The third-order valence-electron chi connectivity index (χ3n) is 5.59. The van der Waals surface area contributed by atoms with Crippen LogP contribution in [0.5, 0.6) is 0 Å². The van der Waals surface area contributed by atoms with Crippen molar-refractivity contribution in [1.82, 2.24) is 18.5 Å². The maximum Gasteiger partial charge on any atom is 0.282 e. The number of aromatic nitrogens is 1. The summed E-state index contributed by atoms with van der Waals surface area (Å²) >= 11 is 1.57. The first-order chi connectivity index (χ1) is 13.5. The summed E-state index contributed by atoms with van der Waals surface area (Å²) < 4.78 is 29.0. The van der Waals surface area contributed by atoms with Crippen molar-refractivity contribution in [2.45, 2.75) is 43.9 Å². The van der Waals surface area contributed by atoms with Crippen LogP contribution in [0.15, 0.2) is 24.5 Å². The smallest absolute Gasteiger partial charge is 0.282 e. The Morgan fingerprint density at radius 1 is 1.21 bits per heavy atom. The zero-order valence-corrected chi connectivity index (χ0v) is 18.1. The lowest BCUT2D eigenvalue weighted by atomic mass is 9.96. The molecule has 1 saturated carbocycles. The Bertz CT molecular complexity index is 731. The molecular formula is C19H30N4O3S2. The minimum Gasteiger partial charge on any atom is -0.339 e. The molecule has 1 aliphatic carbocycles. The van der Waals surface area contributed by atoms with E-state index in [4.69, 9.17) is 0 Å². The molecule has 1 amide bonds. The van der Waals surface area contributed by atoms with Gasteiger partial charge in [0, 0.05) is 57.4 Å². The molecule has 9 heteroatoms. The Labute approximate surface area is 172 Å². The lowest BCUT2D eigenvalue weighted by Crippen LogP contribution is -2.55. The molecule has 0 bridgehead atoms. The molecule has 0 N–H and O–H groups in total. The van der Waals surface area contributed by atoms with Crippen LogP contribution >= 0.6 is 11.8 Å². The quantitative estimate of drug-likeness (QED) is 0.666. The van der Waals surface area contributed by atoms with Crippen molar-refractivity contribution in [1.29, 1.82) is 0 Å². The highest BCUT2D eigenvalue weighted by molar-refractivity contribution is 7.99. The number of amides is 1. The Balaban J connectivity index is 1.44. The summed E-state index contributed by atoms with van der Waals surface area (Å²) in [6.07, 6.45) is 8.84. The van der Waals surface area contributed by atoms with Crippen LogP contribution in [-0.4, -0.2) is 77.8 Å². The van der Waals surface area contributed by atoms with E-state index in [-0.39, 0.29) is 11.9 Å². The van der Waals surface area contributed by atoms with Crippen molar-refractivity contribution in [2.75, 3.05) is 39.0 Å². The first-order valence-corrected chi connectivity index (χ1v) is 12.5. The van der Waals surface area contributed by atoms with E-state index in [1.807, 2.05) is 18.3 Å². The summed E-state index contributed by atoms with van der Waals surface area (Å²) in [5.41, 5.74) is 1.10. The average molecular weight is 427 g/mol. The lowest BCUT2D eigenvalue weighted by molar-refractivity contribution is -0.129. The molecule has 0 spiro atoms. The van der Waals surface area contributed by atoms with Gasteiger partial charge in [0.2, 0.25) is 5.91 Å². The normalized spacial score (nSPS) is 19.9. The third-order valence-corrected chi connectivity index (χ3v) is 8.62. The second-order valence-electron chi connectivity index (χ2n) is 7.45. The topological polar surface area (TPSA) is 73.8 Å². The number of pyridine rings is 1. The van der Waals surface area contributed by atoms with E-state index in [0.717, 1.165) is 37.0 Å². The number of carbonyl (C=O) groups is 1. The second-order valence-corrected chi connectivity index (χ2v) is 10.4. The van der Waals surface area contributed by atoms with Gasteiger partial charge in [-0.25, -0.2) is 0 Å². The number of piperazine rings is 1. The van der Waals surface area contributed by atoms with E-state index in [1.54, 1.807) is 34.2 Å². The molecule has 28 heavy (non-hydrogen) atoms. The second kappa shape index (κ2) is 10.0. The maximum absolute atomic E-state index is 12.9. The standard InChI is InChI=1S/C19H30N4O3S2/c1-21(18-7-3-2-4-8-18)28(25,26)23-12-10-22(11-13-23)19(24)16-27-15-17-6-5-9-20-14-17/h5-6,9,14,18H,2-4,7-8,10-13,15-16H2,1H3. The number of hydrogen-bond acceptors (Lipinski definition) is 5. The van der Waals surface area contributed by atoms with Gasteiger partial charge in [0.25, 0.3) is 10.2 Å². The maximum atomic E-state index is 12.9. The predicted octanol–water partition coefficient (Wildman–Crippen LogP) is 1.97. The van der Waals surface area contributed by atoms with Crippen LogP contribution in [0, 0.1) is 0 Å². The minimum absolute atomic E-state index is 0.0755. The van der Waals surface area contributed by atoms with Gasteiger partial charge in [-0.3, -0.25) is 9.78 Å². The van der Waals surface area contributed by atoms with Crippen LogP contribution < -0.4 is 0 Å². The number of rotatable bonds is 7. The summed E-state index contributed by atoms with van der Waals surface area (Å²) in [6.45, 7) is 1.67. The minimum atomic E-state index is -3.45. The van der Waals surface area contributed by atoms with E-state index in [0.29, 0.717) is 31.9 Å². The predicted molar refractivity (Wildman–Crippen MR) is 112 cm³/mol. The molecule has 0 atom stereocenters. The van der Waals surface area contributed by atoms with Gasteiger partial charge in [-0.2, -0.15) is 17.0 Å². The summed E-state index contributed by atoms with van der Waals surface area (Å²) in [5, 5.41) is 0. The fourth-order valence-electron chi connectivity index (χ4n) is 3.81. The number of hydrogen-bond donors (Lipinski definition) is 0. The van der Waals surface area contributed by atoms with Crippen molar-refractivity contribution >= 4 is 27.9 Å². The van der Waals surface area contributed by atoms with Crippen molar-refractivity contribution in [3.05, 3.63) is 30.1 Å². The fraction of sp³-hybridized carbons (Fsp3) is 0.684. The lowest BCUT2D eigenvalue weighted by Gasteiger charge is -2.38. The van der Waals surface area contributed by atoms with Gasteiger partial charge in [-0.15, -0.1) is 11.8 Å². The molecule has 0 radical (unpaired) electrons. The Morgan fingerprint density at radius 2 is 1.93 bits per heavy atom. The van der Waals surface area contributed by atoms with Gasteiger partial charge in [-0.05, 0) is 24.5 Å². The molecule has 2 aliphatic rings. The summed E-state index contributed by atoms with van der Waals surface area (Å²) in [5.74, 6) is 1.23. The van der Waals surface area contributed by atoms with E-state index >= 15 is 0 Å². The largest absolute Gasteiger partial charge is 0.339 e. The van der Waals surface area contributed by atoms with Crippen LogP contribution in [0.4, 0.5) is 0 Å². The van der Waals surface area contributed by atoms with Crippen molar-refractivity contribution < 1.29 is 13.2 Å². The Hall–Kier alpha value is -1.16. The molecule has 3 rings (SSSR count). The SMILES string of the molecule is CN(C1CCCCC1)S(=O)(=O)N1CCN(C(=O)CSCc2cccnc2)CC1. The van der Waals surface area contributed by atoms with Crippen molar-refractivity contribution in [3.63, 3.8) is 0 Å². The van der Waals surface area contributed by atoms with Gasteiger partial charge < -0.3 is 4.90 Å². The van der Waals surface area contributed by atoms with Crippen LogP contribution in [0.2, 0.25) is 0 Å². The Morgan fingerprint density at radius 3 is 2.57 bits per heavy atom. The van der Waals surface area contributed by atoms with Crippen LogP contribution in [0.25, 0.3) is 0 Å². The van der Waals surface area contributed by atoms with Crippen molar-refractivity contribution in [3.8, 4) is 0 Å². The van der Waals surface area contributed by atoms with Gasteiger partial charge in [-0.1, -0.05) is 25.3 Å². The van der Waals surface area contributed by atoms with Crippen LogP contribution in [0.1, 0.15) is 37.7 Å².